The minimum atomic E-state index is -0.499. The quantitative estimate of drug-likeness (QED) is 0.768. The number of halogens is 1. The number of hydrogen-bond acceptors (Lipinski definition) is 3. The van der Waals surface area contributed by atoms with E-state index < -0.39 is 18.3 Å². The van der Waals surface area contributed by atoms with Gasteiger partial charge in [0.25, 0.3) is 0 Å². The summed E-state index contributed by atoms with van der Waals surface area (Å²) in [5, 5.41) is 0. The van der Waals surface area contributed by atoms with Crippen molar-refractivity contribution < 1.29 is 13.7 Å². The van der Waals surface area contributed by atoms with Crippen LogP contribution >= 0.6 is 0 Å². The van der Waals surface area contributed by atoms with Crippen LogP contribution in [0.2, 0.25) is 0 Å². The lowest BCUT2D eigenvalue weighted by Gasteiger charge is -2.32. The Morgan fingerprint density at radius 1 is 1.21 bits per heavy atom. The number of nitrogens with zero attached hydrogens (tertiary/aromatic N) is 1. The van der Waals surface area contributed by atoms with Crippen LogP contribution in [0.4, 0.5) is 4.39 Å². The second-order valence-electron chi connectivity index (χ2n) is 6.49. The van der Waals surface area contributed by atoms with Crippen molar-refractivity contribution in [1.29, 1.82) is 0 Å². The normalized spacial score (nSPS) is 24.8. The maximum absolute atomic E-state index is 13.4. The first-order chi connectivity index (χ1) is 8.80. The lowest BCUT2D eigenvalue weighted by Crippen LogP contribution is -2.41. The highest BCUT2D eigenvalue weighted by Gasteiger charge is 2.53. The van der Waals surface area contributed by atoms with E-state index in [4.69, 9.17) is 9.31 Å². The smallest absolute Gasteiger partial charge is 0.398 e. The Labute approximate surface area is 113 Å². The molecule has 0 spiro atoms. The Balaban J connectivity index is 1.96. The highest BCUT2D eigenvalue weighted by atomic mass is 19.1. The summed E-state index contributed by atoms with van der Waals surface area (Å²) in [6, 6.07) is 1.57. The fourth-order valence-electron chi connectivity index (χ4n) is 2.34. The Morgan fingerprint density at radius 2 is 1.79 bits per heavy atom. The summed E-state index contributed by atoms with van der Waals surface area (Å²) in [6.07, 6.45) is 3.43. The molecule has 0 unspecified atom stereocenters. The van der Waals surface area contributed by atoms with Crippen molar-refractivity contribution in [2.24, 2.45) is 0 Å². The van der Waals surface area contributed by atoms with Crippen molar-refractivity contribution in [2.75, 3.05) is 0 Å². The Hall–Kier alpha value is -0.935. The second kappa shape index (κ2) is 4.03. The molecule has 1 saturated carbocycles. The predicted octanol–water partition coefficient (Wildman–Crippen LogP) is 2.40. The Morgan fingerprint density at radius 3 is 2.32 bits per heavy atom. The molecule has 0 radical (unpaired) electrons. The van der Waals surface area contributed by atoms with Crippen molar-refractivity contribution in [3.05, 3.63) is 23.6 Å². The van der Waals surface area contributed by atoms with Crippen molar-refractivity contribution in [3.63, 3.8) is 0 Å². The predicted molar refractivity (Wildman–Crippen MR) is 71.9 cm³/mol. The molecule has 1 aromatic rings. The summed E-state index contributed by atoms with van der Waals surface area (Å²) < 4.78 is 25.4. The molecule has 2 fully saturated rings. The molecule has 0 amide bonds. The molecule has 0 bridgehead atoms. The molecule has 102 valence electrons. The standard InChI is InChI=1S/C14H19BFNO2/c1-13(2)14(3,4)19-15(18-13)12-11(9-5-6-9)7-10(16)8-17-12/h7-9H,5-6H2,1-4H3. The summed E-state index contributed by atoms with van der Waals surface area (Å²) in [4.78, 5) is 4.23. The number of hydrogen-bond donors (Lipinski definition) is 0. The van der Waals surface area contributed by atoms with E-state index in [0.29, 0.717) is 5.92 Å². The zero-order valence-corrected chi connectivity index (χ0v) is 11.9. The van der Waals surface area contributed by atoms with Crippen molar-refractivity contribution in [2.45, 2.75) is 57.7 Å². The maximum Gasteiger partial charge on any atom is 0.514 e. The first-order valence-corrected chi connectivity index (χ1v) is 6.81. The van der Waals surface area contributed by atoms with Gasteiger partial charge in [-0.25, -0.2) is 4.39 Å². The van der Waals surface area contributed by atoms with Gasteiger partial charge in [0.2, 0.25) is 0 Å². The third kappa shape index (κ3) is 2.19. The number of aromatic nitrogens is 1. The van der Waals surface area contributed by atoms with Crippen LogP contribution in [0.5, 0.6) is 0 Å². The molecule has 1 aliphatic carbocycles. The van der Waals surface area contributed by atoms with Crippen LogP contribution in [0.1, 0.15) is 52.0 Å². The van der Waals surface area contributed by atoms with E-state index in [1.165, 1.54) is 6.20 Å². The zero-order chi connectivity index (χ0) is 13.8. The zero-order valence-electron chi connectivity index (χ0n) is 11.9. The van der Waals surface area contributed by atoms with Gasteiger partial charge in [0.15, 0.2) is 0 Å². The van der Waals surface area contributed by atoms with E-state index in [2.05, 4.69) is 4.98 Å². The molecule has 0 atom stereocenters. The lowest BCUT2D eigenvalue weighted by atomic mass is 9.79. The van der Waals surface area contributed by atoms with Gasteiger partial charge in [-0.3, -0.25) is 4.98 Å². The fraction of sp³-hybridized carbons (Fsp3) is 0.643. The second-order valence-corrected chi connectivity index (χ2v) is 6.49. The van der Waals surface area contributed by atoms with Crippen molar-refractivity contribution in [3.8, 4) is 0 Å². The maximum atomic E-state index is 13.4. The van der Waals surface area contributed by atoms with Gasteiger partial charge in [-0.2, -0.15) is 0 Å². The molecule has 1 aromatic heterocycles. The molecule has 0 aromatic carbocycles. The van der Waals surface area contributed by atoms with Gasteiger partial charge in [-0.1, -0.05) is 0 Å². The molecule has 2 heterocycles. The average molecular weight is 263 g/mol. The molecule has 3 nitrogen and oxygen atoms in total. The molecule has 0 N–H and O–H groups in total. The third-order valence-corrected chi connectivity index (χ3v) is 4.41. The van der Waals surface area contributed by atoms with E-state index >= 15 is 0 Å². The van der Waals surface area contributed by atoms with Crippen LogP contribution in [0.3, 0.4) is 0 Å². The molecule has 19 heavy (non-hydrogen) atoms. The van der Waals surface area contributed by atoms with Crippen molar-refractivity contribution in [1.82, 2.24) is 4.98 Å². The largest absolute Gasteiger partial charge is 0.514 e. The van der Waals surface area contributed by atoms with Crippen LogP contribution in [0.15, 0.2) is 12.3 Å². The summed E-state index contributed by atoms with van der Waals surface area (Å²) in [5.41, 5.74) is 0.893. The summed E-state index contributed by atoms with van der Waals surface area (Å²) in [5.74, 6) is 0.124. The van der Waals surface area contributed by atoms with Gasteiger partial charge in [-0.15, -0.1) is 0 Å². The van der Waals surface area contributed by atoms with E-state index in [1.807, 2.05) is 27.7 Å². The van der Waals surface area contributed by atoms with Crippen LogP contribution < -0.4 is 5.59 Å². The average Bonchev–Trinajstić information content (AvgIpc) is 3.07. The van der Waals surface area contributed by atoms with E-state index in [-0.39, 0.29) is 5.82 Å². The fourth-order valence-corrected chi connectivity index (χ4v) is 2.34. The highest BCUT2D eigenvalue weighted by Crippen LogP contribution is 2.41. The molecule has 1 saturated heterocycles. The summed E-state index contributed by atoms with van der Waals surface area (Å²) in [7, 11) is -0.499. The Kier molecular flexibility index (Phi) is 2.77. The SMILES string of the molecule is CC1(C)OB(c2ncc(F)cc2C2CC2)OC1(C)C. The third-order valence-electron chi connectivity index (χ3n) is 4.41. The first-order valence-electron chi connectivity index (χ1n) is 6.81. The minimum Gasteiger partial charge on any atom is -0.398 e. The van der Waals surface area contributed by atoms with Crippen molar-refractivity contribution >= 4 is 12.7 Å². The first kappa shape index (κ1) is 13.1. The van der Waals surface area contributed by atoms with Crippen LogP contribution in [0.25, 0.3) is 0 Å². The molecular formula is C14H19BFNO2. The minimum absolute atomic E-state index is 0.290. The van der Waals surface area contributed by atoms with Crippen LogP contribution in [0, 0.1) is 5.82 Å². The number of pyridine rings is 1. The summed E-state index contributed by atoms with van der Waals surface area (Å²) in [6.45, 7) is 8.03. The number of rotatable bonds is 2. The van der Waals surface area contributed by atoms with Gasteiger partial charge in [0.05, 0.1) is 23.0 Å². The van der Waals surface area contributed by atoms with Gasteiger partial charge >= 0.3 is 7.12 Å². The molecule has 2 aliphatic rings. The topological polar surface area (TPSA) is 31.4 Å². The van der Waals surface area contributed by atoms with E-state index in [0.717, 1.165) is 24.0 Å². The molecule has 5 heteroatoms. The monoisotopic (exact) mass is 263 g/mol. The summed E-state index contributed by atoms with van der Waals surface area (Å²) >= 11 is 0. The van der Waals surface area contributed by atoms with E-state index in [9.17, 15) is 4.39 Å². The van der Waals surface area contributed by atoms with Crippen LogP contribution in [-0.2, 0) is 9.31 Å². The highest BCUT2D eigenvalue weighted by molar-refractivity contribution is 6.61. The molecule has 1 aliphatic heterocycles. The Bertz CT molecular complexity index is 498. The molecular weight excluding hydrogens is 244 g/mol. The van der Waals surface area contributed by atoms with Gasteiger partial charge < -0.3 is 9.31 Å². The van der Waals surface area contributed by atoms with Crippen LogP contribution in [-0.4, -0.2) is 23.3 Å². The molecule has 3 rings (SSSR count). The van der Waals surface area contributed by atoms with E-state index in [1.54, 1.807) is 6.07 Å². The van der Waals surface area contributed by atoms with Gasteiger partial charge in [0.1, 0.15) is 5.82 Å². The van der Waals surface area contributed by atoms with Gasteiger partial charge in [-0.05, 0) is 58.1 Å². The van der Waals surface area contributed by atoms with Gasteiger partial charge in [0, 0.05) is 0 Å². The lowest BCUT2D eigenvalue weighted by molar-refractivity contribution is 0.00578.